The molecular weight excluding hydrogens is 366 g/mol. The maximum atomic E-state index is 12.3. The van der Waals surface area contributed by atoms with E-state index in [1.807, 2.05) is 0 Å². The second-order valence-electron chi connectivity index (χ2n) is 6.44. The zero-order chi connectivity index (χ0) is 20.5. The number of amides is 3. The summed E-state index contributed by atoms with van der Waals surface area (Å²) < 4.78 is 4.77. The third-order valence-corrected chi connectivity index (χ3v) is 4.51. The fourth-order valence-electron chi connectivity index (χ4n) is 2.92. The molecule has 0 aromatic heterocycles. The molecule has 1 aromatic rings. The van der Waals surface area contributed by atoms with E-state index >= 15 is 0 Å². The molecule has 0 bridgehead atoms. The molecule has 3 amide bonds. The Morgan fingerprint density at radius 2 is 1.75 bits per heavy atom. The van der Waals surface area contributed by atoms with Gasteiger partial charge in [0.05, 0.1) is 12.2 Å². The van der Waals surface area contributed by atoms with E-state index < -0.39 is 11.9 Å². The van der Waals surface area contributed by atoms with Crippen molar-refractivity contribution in [1.82, 2.24) is 15.5 Å². The van der Waals surface area contributed by atoms with Gasteiger partial charge in [-0.1, -0.05) is 12.1 Å². The van der Waals surface area contributed by atoms with E-state index in [9.17, 15) is 19.2 Å². The van der Waals surface area contributed by atoms with Crippen LogP contribution in [0.3, 0.4) is 0 Å². The standard InChI is InChI=1S/C19H25N3O6/c1-2-28-16(23)12-20-17(24)14-7-9-22(10-8-14)19(27)21-11-13-3-5-15(6-4-13)18(25)26/h3-6,14H,2,7-12H2,1H3,(H,20,24)(H,21,27)(H,25,26). The summed E-state index contributed by atoms with van der Waals surface area (Å²) in [7, 11) is 0. The number of aromatic carboxylic acids is 1. The molecule has 0 radical (unpaired) electrons. The zero-order valence-corrected chi connectivity index (χ0v) is 15.8. The zero-order valence-electron chi connectivity index (χ0n) is 15.8. The molecule has 1 aromatic carbocycles. The molecule has 0 unspecified atom stereocenters. The number of hydrogen-bond acceptors (Lipinski definition) is 5. The lowest BCUT2D eigenvalue weighted by atomic mass is 9.96. The molecule has 28 heavy (non-hydrogen) atoms. The number of rotatable bonds is 7. The number of carboxylic acids is 1. The summed E-state index contributed by atoms with van der Waals surface area (Å²) in [6.45, 7) is 3.01. The van der Waals surface area contributed by atoms with Crippen LogP contribution in [0.2, 0.25) is 0 Å². The number of carbonyl (C=O) groups is 4. The monoisotopic (exact) mass is 391 g/mol. The van der Waals surface area contributed by atoms with Crippen LogP contribution in [0.15, 0.2) is 24.3 Å². The Morgan fingerprint density at radius 1 is 1.11 bits per heavy atom. The lowest BCUT2D eigenvalue weighted by molar-refractivity contribution is -0.144. The first-order chi connectivity index (χ1) is 13.4. The van der Waals surface area contributed by atoms with Crippen molar-refractivity contribution in [2.24, 2.45) is 5.92 Å². The quantitative estimate of drug-likeness (QED) is 0.595. The predicted octanol–water partition coefficient (Wildman–Crippen LogP) is 0.986. The van der Waals surface area contributed by atoms with Gasteiger partial charge in [-0.3, -0.25) is 9.59 Å². The topological polar surface area (TPSA) is 125 Å². The molecule has 9 heteroatoms. The highest BCUT2D eigenvalue weighted by atomic mass is 16.5. The van der Waals surface area contributed by atoms with Crippen molar-refractivity contribution in [3.63, 3.8) is 0 Å². The van der Waals surface area contributed by atoms with Gasteiger partial charge in [-0.15, -0.1) is 0 Å². The highest BCUT2D eigenvalue weighted by Gasteiger charge is 2.27. The Labute approximate surface area is 163 Å². The molecule has 1 heterocycles. The Kier molecular flexibility index (Phi) is 7.79. The molecule has 1 saturated heterocycles. The summed E-state index contributed by atoms with van der Waals surface area (Å²) in [5.74, 6) is -1.90. The second kappa shape index (κ2) is 10.3. The molecule has 1 aliphatic rings. The molecule has 0 saturated carbocycles. The Hall–Kier alpha value is -3.10. The fourth-order valence-corrected chi connectivity index (χ4v) is 2.92. The first-order valence-electron chi connectivity index (χ1n) is 9.19. The summed E-state index contributed by atoms with van der Waals surface area (Å²) in [6, 6.07) is 6.06. The van der Waals surface area contributed by atoms with Gasteiger partial charge >= 0.3 is 18.0 Å². The number of piperidine rings is 1. The van der Waals surface area contributed by atoms with Gasteiger partial charge < -0.3 is 25.4 Å². The number of benzene rings is 1. The number of carbonyl (C=O) groups excluding carboxylic acids is 3. The molecule has 152 valence electrons. The number of carboxylic acid groups (broad SMARTS) is 1. The summed E-state index contributed by atoms with van der Waals surface area (Å²) in [5.41, 5.74) is 0.991. The Bertz CT molecular complexity index is 711. The van der Waals surface area contributed by atoms with E-state index in [1.165, 1.54) is 12.1 Å². The third-order valence-electron chi connectivity index (χ3n) is 4.51. The molecule has 2 rings (SSSR count). The van der Waals surface area contributed by atoms with E-state index in [0.717, 1.165) is 5.56 Å². The van der Waals surface area contributed by atoms with Crippen molar-refractivity contribution in [2.45, 2.75) is 26.3 Å². The van der Waals surface area contributed by atoms with Gasteiger partial charge in [0.2, 0.25) is 5.91 Å². The SMILES string of the molecule is CCOC(=O)CNC(=O)C1CCN(C(=O)NCc2ccc(C(=O)O)cc2)CC1. The van der Waals surface area contributed by atoms with Crippen LogP contribution in [0.25, 0.3) is 0 Å². The number of nitrogens with one attached hydrogen (secondary N) is 2. The Balaban J connectivity index is 1.71. The summed E-state index contributed by atoms with van der Waals surface area (Å²) in [4.78, 5) is 48.1. The molecule has 9 nitrogen and oxygen atoms in total. The molecule has 1 aliphatic heterocycles. The van der Waals surface area contributed by atoms with Crippen LogP contribution in [-0.2, 0) is 20.9 Å². The third kappa shape index (κ3) is 6.26. The molecule has 0 atom stereocenters. The van der Waals surface area contributed by atoms with Crippen LogP contribution < -0.4 is 10.6 Å². The van der Waals surface area contributed by atoms with Crippen LogP contribution in [0.4, 0.5) is 4.79 Å². The lowest BCUT2D eigenvalue weighted by Gasteiger charge is -2.31. The van der Waals surface area contributed by atoms with E-state index in [0.29, 0.717) is 32.5 Å². The van der Waals surface area contributed by atoms with Crippen LogP contribution >= 0.6 is 0 Å². The highest BCUT2D eigenvalue weighted by molar-refractivity contribution is 5.87. The van der Waals surface area contributed by atoms with E-state index in [-0.39, 0.29) is 36.6 Å². The minimum atomic E-state index is -0.996. The van der Waals surface area contributed by atoms with Crippen molar-refractivity contribution >= 4 is 23.9 Å². The van der Waals surface area contributed by atoms with Crippen LogP contribution in [0.1, 0.15) is 35.7 Å². The fraction of sp³-hybridized carbons (Fsp3) is 0.474. The smallest absolute Gasteiger partial charge is 0.335 e. The average molecular weight is 391 g/mol. The first-order valence-corrected chi connectivity index (χ1v) is 9.19. The maximum absolute atomic E-state index is 12.3. The largest absolute Gasteiger partial charge is 0.478 e. The minimum absolute atomic E-state index is 0.145. The molecule has 1 fully saturated rings. The lowest BCUT2D eigenvalue weighted by Crippen LogP contribution is -2.47. The van der Waals surface area contributed by atoms with Crippen LogP contribution in [-0.4, -0.2) is 60.1 Å². The van der Waals surface area contributed by atoms with Crippen molar-refractivity contribution in [1.29, 1.82) is 0 Å². The molecule has 0 spiro atoms. The Morgan fingerprint density at radius 3 is 2.32 bits per heavy atom. The number of urea groups is 1. The first kappa shape index (κ1) is 21.2. The molecule has 3 N–H and O–H groups in total. The van der Waals surface area contributed by atoms with Crippen LogP contribution in [0.5, 0.6) is 0 Å². The average Bonchev–Trinajstić information content (AvgIpc) is 2.71. The minimum Gasteiger partial charge on any atom is -0.478 e. The van der Waals surface area contributed by atoms with Gasteiger partial charge in [0, 0.05) is 25.6 Å². The van der Waals surface area contributed by atoms with Gasteiger partial charge in [-0.2, -0.15) is 0 Å². The van der Waals surface area contributed by atoms with Crippen molar-refractivity contribution < 1.29 is 29.0 Å². The summed E-state index contributed by atoms with van der Waals surface area (Å²) in [6.07, 6.45) is 1.05. The number of ether oxygens (including phenoxy) is 1. The maximum Gasteiger partial charge on any atom is 0.335 e. The number of nitrogens with zero attached hydrogens (tertiary/aromatic N) is 1. The predicted molar refractivity (Wildman–Crippen MR) is 99.6 cm³/mol. The van der Waals surface area contributed by atoms with Gasteiger partial charge in [0.1, 0.15) is 6.54 Å². The van der Waals surface area contributed by atoms with Crippen molar-refractivity contribution in [2.75, 3.05) is 26.2 Å². The van der Waals surface area contributed by atoms with E-state index in [1.54, 1.807) is 24.0 Å². The van der Waals surface area contributed by atoms with Gasteiger partial charge in [-0.05, 0) is 37.5 Å². The summed E-state index contributed by atoms with van der Waals surface area (Å²) in [5, 5.41) is 14.2. The van der Waals surface area contributed by atoms with Crippen molar-refractivity contribution in [3.8, 4) is 0 Å². The van der Waals surface area contributed by atoms with Gasteiger partial charge in [0.25, 0.3) is 0 Å². The summed E-state index contributed by atoms with van der Waals surface area (Å²) >= 11 is 0. The van der Waals surface area contributed by atoms with Crippen molar-refractivity contribution in [3.05, 3.63) is 35.4 Å². The number of likely N-dealkylation sites (tertiary alicyclic amines) is 1. The van der Waals surface area contributed by atoms with Gasteiger partial charge in [-0.25, -0.2) is 9.59 Å². The number of hydrogen-bond donors (Lipinski definition) is 3. The normalized spacial score (nSPS) is 14.2. The number of esters is 1. The second-order valence-corrected chi connectivity index (χ2v) is 6.44. The van der Waals surface area contributed by atoms with E-state index in [2.05, 4.69) is 10.6 Å². The molecular formula is C19H25N3O6. The molecule has 0 aliphatic carbocycles. The highest BCUT2D eigenvalue weighted by Crippen LogP contribution is 2.17. The van der Waals surface area contributed by atoms with Gasteiger partial charge in [0.15, 0.2) is 0 Å². The van der Waals surface area contributed by atoms with E-state index in [4.69, 9.17) is 9.84 Å². The van der Waals surface area contributed by atoms with Crippen LogP contribution in [0, 0.1) is 5.92 Å².